The van der Waals surface area contributed by atoms with E-state index in [1.165, 1.54) is 0 Å². The van der Waals surface area contributed by atoms with Crippen LogP contribution in [0, 0.1) is 0 Å². The first-order valence-corrected chi connectivity index (χ1v) is 6.70. The van der Waals surface area contributed by atoms with E-state index in [2.05, 4.69) is 5.16 Å². The van der Waals surface area contributed by atoms with Crippen molar-refractivity contribution in [2.24, 2.45) is 5.16 Å². The van der Waals surface area contributed by atoms with Crippen LogP contribution in [0.4, 0.5) is 0 Å². The van der Waals surface area contributed by atoms with E-state index in [1.54, 1.807) is 11.9 Å². The Kier molecular flexibility index (Phi) is 4.43. The van der Waals surface area contributed by atoms with Crippen LogP contribution < -0.4 is 0 Å². The molecular weight excluding hydrogens is 264 g/mol. The van der Waals surface area contributed by atoms with E-state index in [1.807, 2.05) is 31.2 Å². The summed E-state index contributed by atoms with van der Waals surface area (Å²) < 4.78 is 0. The first-order chi connectivity index (χ1) is 9.10. The Balaban J connectivity index is 1.92. The molecule has 0 unspecified atom stereocenters. The van der Waals surface area contributed by atoms with Crippen LogP contribution in [0.25, 0.3) is 0 Å². The van der Waals surface area contributed by atoms with Crippen molar-refractivity contribution in [3.05, 3.63) is 34.9 Å². The molecule has 0 aliphatic carbocycles. The van der Waals surface area contributed by atoms with Gasteiger partial charge in [-0.05, 0) is 17.7 Å². The molecule has 0 radical (unpaired) electrons. The van der Waals surface area contributed by atoms with Crippen LogP contribution in [0.1, 0.15) is 25.3 Å². The summed E-state index contributed by atoms with van der Waals surface area (Å²) in [5, 5.41) is 4.79. The monoisotopic (exact) mass is 280 g/mol. The molecule has 1 aliphatic heterocycles. The third-order valence-corrected chi connectivity index (χ3v) is 3.37. The first-order valence-electron chi connectivity index (χ1n) is 6.32. The molecule has 0 saturated carbocycles. The number of carbonyl (C=O) groups excluding carboxylic acids is 1. The van der Waals surface area contributed by atoms with Gasteiger partial charge in [-0.1, -0.05) is 35.8 Å². The van der Waals surface area contributed by atoms with Gasteiger partial charge in [-0.15, -0.1) is 0 Å². The molecule has 0 bridgehead atoms. The second-order valence-electron chi connectivity index (χ2n) is 4.60. The van der Waals surface area contributed by atoms with Crippen LogP contribution >= 0.6 is 11.6 Å². The summed E-state index contributed by atoms with van der Waals surface area (Å²) in [6, 6.07) is 7.51. The number of halogens is 1. The Morgan fingerprint density at radius 1 is 1.47 bits per heavy atom. The van der Waals surface area contributed by atoms with Gasteiger partial charge in [-0.2, -0.15) is 0 Å². The normalized spacial score (nSPS) is 17.8. The molecule has 0 spiro atoms. The Hall–Kier alpha value is -1.55. The number of likely N-dealkylation sites (N-methyl/N-ethyl adjacent to an activating group) is 1. The number of hydrogen-bond donors (Lipinski definition) is 0. The second-order valence-corrected chi connectivity index (χ2v) is 5.04. The molecule has 4 nitrogen and oxygen atoms in total. The van der Waals surface area contributed by atoms with Gasteiger partial charge in [0.15, 0.2) is 6.10 Å². The van der Waals surface area contributed by atoms with E-state index in [-0.39, 0.29) is 12.0 Å². The smallest absolute Gasteiger partial charge is 0.222 e. The number of oxime groups is 1. The molecule has 0 saturated heterocycles. The van der Waals surface area contributed by atoms with E-state index in [4.69, 9.17) is 16.4 Å². The predicted octanol–water partition coefficient (Wildman–Crippen LogP) is 2.70. The standard InChI is InChI=1S/C14H17ClN2O2/c1-3-14(18)17(2)9-12-8-13(16-19-12)10-4-6-11(15)7-5-10/h4-7,12H,3,8-9H2,1-2H3/t12-/m1/s1. The molecule has 102 valence electrons. The molecule has 0 N–H and O–H groups in total. The van der Waals surface area contributed by atoms with Crippen molar-refractivity contribution in [2.45, 2.75) is 25.9 Å². The van der Waals surface area contributed by atoms with E-state index in [0.29, 0.717) is 24.4 Å². The molecule has 19 heavy (non-hydrogen) atoms. The Morgan fingerprint density at radius 3 is 2.79 bits per heavy atom. The highest BCUT2D eigenvalue weighted by molar-refractivity contribution is 6.30. The van der Waals surface area contributed by atoms with Gasteiger partial charge in [0.05, 0.1) is 12.3 Å². The zero-order valence-corrected chi connectivity index (χ0v) is 11.9. The van der Waals surface area contributed by atoms with Crippen molar-refractivity contribution in [1.82, 2.24) is 4.90 Å². The van der Waals surface area contributed by atoms with Crippen LogP contribution in [0.5, 0.6) is 0 Å². The molecule has 1 atom stereocenters. The Labute approximate surface area is 118 Å². The van der Waals surface area contributed by atoms with Crippen molar-refractivity contribution >= 4 is 23.2 Å². The molecule has 5 heteroatoms. The van der Waals surface area contributed by atoms with Gasteiger partial charge in [0.1, 0.15) is 0 Å². The summed E-state index contributed by atoms with van der Waals surface area (Å²) in [6.45, 7) is 2.41. The van der Waals surface area contributed by atoms with E-state index >= 15 is 0 Å². The van der Waals surface area contributed by atoms with Crippen molar-refractivity contribution in [3.63, 3.8) is 0 Å². The number of nitrogens with zero attached hydrogens (tertiary/aromatic N) is 2. The number of rotatable bonds is 4. The third-order valence-electron chi connectivity index (χ3n) is 3.12. The number of benzene rings is 1. The van der Waals surface area contributed by atoms with Crippen LogP contribution in [0.3, 0.4) is 0 Å². The fourth-order valence-electron chi connectivity index (χ4n) is 2.02. The second kappa shape index (κ2) is 6.06. The van der Waals surface area contributed by atoms with Gasteiger partial charge in [0, 0.05) is 24.9 Å². The largest absolute Gasteiger partial charge is 0.390 e. The number of carbonyl (C=O) groups is 1. The van der Waals surface area contributed by atoms with Crippen molar-refractivity contribution in [3.8, 4) is 0 Å². The fraction of sp³-hybridized carbons (Fsp3) is 0.429. The summed E-state index contributed by atoms with van der Waals surface area (Å²) in [6.07, 6.45) is 1.16. The van der Waals surface area contributed by atoms with Crippen LogP contribution in [-0.2, 0) is 9.63 Å². The summed E-state index contributed by atoms with van der Waals surface area (Å²) >= 11 is 5.85. The van der Waals surface area contributed by atoms with Gasteiger partial charge in [0.2, 0.25) is 5.91 Å². The minimum absolute atomic E-state index is 0.0637. The lowest BCUT2D eigenvalue weighted by molar-refractivity contribution is -0.131. The van der Waals surface area contributed by atoms with Crippen LogP contribution in [0.15, 0.2) is 29.4 Å². The van der Waals surface area contributed by atoms with Gasteiger partial charge < -0.3 is 9.74 Å². The zero-order valence-electron chi connectivity index (χ0n) is 11.1. The highest BCUT2D eigenvalue weighted by Crippen LogP contribution is 2.19. The SMILES string of the molecule is CCC(=O)N(C)C[C@H]1CC(c2ccc(Cl)cc2)=NO1. The topological polar surface area (TPSA) is 41.9 Å². The first kappa shape index (κ1) is 13.9. The van der Waals surface area contributed by atoms with Crippen molar-refractivity contribution in [1.29, 1.82) is 0 Å². The van der Waals surface area contributed by atoms with Crippen LogP contribution in [0.2, 0.25) is 5.02 Å². The molecule has 0 fully saturated rings. The third kappa shape index (κ3) is 3.47. The minimum atomic E-state index is -0.0637. The van der Waals surface area contributed by atoms with Gasteiger partial charge in [-0.25, -0.2) is 0 Å². The van der Waals surface area contributed by atoms with E-state index < -0.39 is 0 Å². The van der Waals surface area contributed by atoms with Crippen molar-refractivity contribution in [2.75, 3.05) is 13.6 Å². The lowest BCUT2D eigenvalue weighted by Crippen LogP contribution is -2.34. The molecule has 1 aromatic carbocycles. The van der Waals surface area contributed by atoms with Crippen LogP contribution in [-0.4, -0.2) is 36.2 Å². The highest BCUT2D eigenvalue weighted by atomic mass is 35.5. The summed E-state index contributed by atoms with van der Waals surface area (Å²) in [4.78, 5) is 18.6. The predicted molar refractivity (Wildman–Crippen MR) is 75.4 cm³/mol. The molecule has 0 aromatic heterocycles. The molecular formula is C14H17ClN2O2. The molecule has 1 aromatic rings. The van der Waals surface area contributed by atoms with Gasteiger partial charge in [0.25, 0.3) is 0 Å². The summed E-state index contributed by atoms with van der Waals surface area (Å²) in [5.74, 6) is 0.114. The summed E-state index contributed by atoms with van der Waals surface area (Å²) in [7, 11) is 1.79. The maximum atomic E-state index is 11.5. The van der Waals surface area contributed by atoms with Gasteiger partial charge in [-0.3, -0.25) is 4.79 Å². The number of amides is 1. The Morgan fingerprint density at radius 2 is 2.16 bits per heavy atom. The molecule has 1 heterocycles. The Bertz CT molecular complexity index is 485. The average molecular weight is 281 g/mol. The molecule has 1 aliphatic rings. The quantitative estimate of drug-likeness (QED) is 0.851. The average Bonchev–Trinajstić information content (AvgIpc) is 2.87. The van der Waals surface area contributed by atoms with E-state index in [9.17, 15) is 4.79 Å². The van der Waals surface area contributed by atoms with Crippen molar-refractivity contribution < 1.29 is 9.63 Å². The lowest BCUT2D eigenvalue weighted by Gasteiger charge is -2.19. The van der Waals surface area contributed by atoms with E-state index in [0.717, 1.165) is 11.3 Å². The maximum absolute atomic E-state index is 11.5. The highest BCUT2D eigenvalue weighted by Gasteiger charge is 2.24. The molecule has 2 rings (SSSR count). The number of hydrogen-bond acceptors (Lipinski definition) is 3. The minimum Gasteiger partial charge on any atom is -0.390 e. The maximum Gasteiger partial charge on any atom is 0.222 e. The zero-order chi connectivity index (χ0) is 13.8. The summed E-state index contributed by atoms with van der Waals surface area (Å²) in [5.41, 5.74) is 1.91. The fourth-order valence-corrected chi connectivity index (χ4v) is 2.14. The lowest BCUT2D eigenvalue weighted by atomic mass is 10.0. The molecule has 1 amide bonds. The van der Waals surface area contributed by atoms with Gasteiger partial charge >= 0.3 is 0 Å².